The molecular weight excluding hydrogens is 170 g/mol. The van der Waals surface area contributed by atoms with E-state index in [0.29, 0.717) is 0 Å². The van der Waals surface area contributed by atoms with Crippen LogP contribution in [0.5, 0.6) is 0 Å². The van der Waals surface area contributed by atoms with Crippen LogP contribution >= 0.6 is 11.3 Å². The Morgan fingerprint density at radius 1 is 1.67 bits per heavy atom. The molecule has 0 saturated heterocycles. The Morgan fingerprint density at radius 2 is 2.42 bits per heavy atom. The standard InChI is InChI=1S/C9H13NOS/c1-7-10-8(6-12-7)2-3-9(11)4-5-9/h6,11H,2-5H2,1H3. The molecule has 0 atom stereocenters. The summed E-state index contributed by atoms with van der Waals surface area (Å²) < 4.78 is 0. The monoisotopic (exact) mass is 183 g/mol. The zero-order valence-electron chi connectivity index (χ0n) is 7.21. The first-order valence-corrected chi connectivity index (χ1v) is 5.19. The summed E-state index contributed by atoms with van der Waals surface area (Å²) in [6, 6.07) is 0. The average Bonchev–Trinajstić information content (AvgIpc) is 2.60. The van der Waals surface area contributed by atoms with Crippen molar-refractivity contribution in [1.29, 1.82) is 0 Å². The number of nitrogens with zero attached hydrogens (tertiary/aromatic N) is 1. The first-order chi connectivity index (χ1) is 5.68. The third-order valence-corrected chi connectivity index (χ3v) is 3.16. The van der Waals surface area contributed by atoms with Crippen molar-refractivity contribution in [2.75, 3.05) is 0 Å². The van der Waals surface area contributed by atoms with Crippen LogP contribution in [0.2, 0.25) is 0 Å². The first-order valence-electron chi connectivity index (χ1n) is 4.31. The van der Waals surface area contributed by atoms with Gasteiger partial charge in [0.15, 0.2) is 0 Å². The predicted octanol–water partition coefficient (Wildman–Crippen LogP) is 1.91. The Kier molecular flexibility index (Phi) is 1.93. The maximum atomic E-state index is 9.57. The summed E-state index contributed by atoms with van der Waals surface area (Å²) in [7, 11) is 0. The zero-order chi connectivity index (χ0) is 8.60. The molecule has 1 fully saturated rings. The van der Waals surface area contributed by atoms with Crippen LogP contribution in [0, 0.1) is 6.92 Å². The van der Waals surface area contributed by atoms with E-state index in [2.05, 4.69) is 10.4 Å². The van der Waals surface area contributed by atoms with Gasteiger partial charge < -0.3 is 5.11 Å². The molecule has 1 aliphatic rings. The van der Waals surface area contributed by atoms with E-state index < -0.39 is 0 Å². The second kappa shape index (κ2) is 2.82. The molecule has 3 heteroatoms. The lowest BCUT2D eigenvalue weighted by atomic mass is 10.1. The maximum Gasteiger partial charge on any atom is 0.0897 e. The molecule has 0 amide bonds. The molecule has 12 heavy (non-hydrogen) atoms. The fourth-order valence-electron chi connectivity index (χ4n) is 1.28. The van der Waals surface area contributed by atoms with E-state index in [1.54, 1.807) is 11.3 Å². The highest BCUT2D eigenvalue weighted by Crippen LogP contribution is 2.39. The van der Waals surface area contributed by atoms with Crippen LogP contribution in [0.4, 0.5) is 0 Å². The van der Waals surface area contributed by atoms with Crippen molar-refractivity contribution in [2.45, 2.75) is 38.2 Å². The van der Waals surface area contributed by atoms with Crippen LogP contribution in [0.25, 0.3) is 0 Å². The number of hydrogen-bond acceptors (Lipinski definition) is 3. The second-order valence-electron chi connectivity index (χ2n) is 3.58. The quantitative estimate of drug-likeness (QED) is 0.776. The predicted molar refractivity (Wildman–Crippen MR) is 49.4 cm³/mol. The van der Waals surface area contributed by atoms with Crippen molar-refractivity contribution in [2.24, 2.45) is 0 Å². The highest BCUT2D eigenvalue weighted by atomic mass is 32.1. The Hall–Kier alpha value is -0.410. The fraction of sp³-hybridized carbons (Fsp3) is 0.667. The Morgan fingerprint density at radius 3 is 2.92 bits per heavy atom. The van der Waals surface area contributed by atoms with Gasteiger partial charge in [0.2, 0.25) is 0 Å². The second-order valence-corrected chi connectivity index (χ2v) is 4.64. The molecular formula is C9H13NOS. The van der Waals surface area contributed by atoms with Crippen LogP contribution in [0.1, 0.15) is 30.0 Å². The molecule has 0 bridgehead atoms. The van der Waals surface area contributed by atoms with Gasteiger partial charge in [-0.05, 0) is 32.6 Å². The van der Waals surface area contributed by atoms with Crippen molar-refractivity contribution < 1.29 is 5.11 Å². The van der Waals surface area contributed by atoms with E-state index in [4.69, 9.17) is 0 Å². The lowest BCUT2D eigenvalue weighted by Crippen LogP contribution is -2.07. The number of thiazole rings is 1. The van der Waals surface area contributed by atoms with Gasteiger partial charge in [0.25, 0.3) is 0 Å². The van der Waals surface area contributed by atoms with Crippen LogP contribution in [0.15, 0.2) is 5.38 Å². The largest absolute Gasteiger partial charge is 0.390 e. The van der Waals surface area contributed by atoms with Crippen LogP contribution in [-0.2, 0) is 6.42 Å². The van der Waals surface area contributed by atoms with Gasteiger partial charge in [0, 0.05) is 5.38 Å². The number of aromatic nitrogens is 1. The SMILES string of the molecule is Cc1nc(CCC2(O)CC2)cs1. The molecule has 2 rings (SSSR count). The maximum absolute atomic E-state index is 9.57. The number of rotatable bonds is 3. The lowest BCUT2D eigenvalue weighted by Gasteiger charge is -2.03. The molecule has 1 saturated carbocycles. The lowest BCUT2D eigenvalue weighted by molar-refractivity contribution is 0.140. The van der Waals surface area contributed by atoms with Gasteiger partial charge in [-0.25, -0.2) is 4.98 Å². The molecule has 0 aliphatic heterocycles. The molecule has 1 aliphatic carbocycles. The van der Waals surface area contributed by atoms with Crippen molar-refractivity contribution in [3.8, 4) is 0 Å². The molecule has 2 nitrogen and oxygen atoms in total. The summed E-state index contributed by atoms with van der Waals surface area (Å²) >= 11 is 1.68. The summed E-state index contributed by atoms with van der Waals surface area (Å²) in [5.41, 5.74) is 0.815. The molecule has 0 spiro atoms. The van der Waals surface area contributed by atoms with Gasteiger partial charge in [-0.2, -0.15) is 0 Å². The average molecular weight is 183 g/mol. The molecule has 0 aromatic carbocycles. The van der Waals surface area contributed by atoms with E-state index >= 15 is 0 Å². The molecule has 66 valence electrons. The van der Waals surface area contributed by atoms with Gasteiger partial charge in [-0.3, -0.25) is 0 Å². The topological polar surface area (TPSA) is 33.1 Å². The van der Waals surface area contributed by atoms with Gasteiger partial charge in [0.05, 0.1) is 16.3 Å². The molecule has 1 N–H and O–H groups in total. The summed E-state index contributed by atoms with van der Waals surface area (Å²) in [5, 5.41) is 12.8. The molecule has 0 radical (unpaired) electrons. The van der Waals surface area contributed by atoms with Gasteiger partial charge >= 0.3 is 0 Å². The highest BCUT2D eigenvalue weighted by Gasteiger charge is 2.39. The minimum absolute atomic E-state index is 0.322. The van der Waals surface area contributed by atoms with Crippen LogP contribution in [0.3, 0.4) is 0 Å². The van der Waals surface area contributed by atoms with Crippen LogP contribution < -0.4 is 0 Å². The summed E-state index contributed by atoms with van der Waals surface area (Å²) in [6.07, 6.45) is 3.78. The third kappa shape index (κ3) is 1.84. The normalized spacial score (nSPS) is 19.5. The minimum Gasteiger partial charge on any atom is -0.390 e. The Labute approximate surface area is 76.3 Å². The molecule has 1 aromatic rings. The fourth-order valence-corrected chi connectivity index (χ4v) is 1.93. The van der Waals surface area contributed by atoms with E-state index in [0.717, 1.165) is 36.4 Å². The molecule has 1 heterocycles. The van der Waals surface area contributed by atoms with E-state index in [1.807, 2.05) is 6.92 Å². The summed E-state index contributed by atoms with van der Waals surface area (Å²) in [5.74, 6) is 0. The van der Waals surface area contributed by atoms with Crippen molar-refractivity contribution >= 4 is 11.3 Å². The highest BCUT2D eigenvalue weighted by molar-refractivity contribution is 7.09. The van der Waals surface area contributed by atoms with E-state index in [9.17, 15) is 5.11 Å². The third-order valence-electron chi connectivity index (χ3n) is 2.34. The molecule has 0 unspecified atom stereocenters. The van der Waals surface area contributed by atoms with Gasteiger partial charge in [-0.15, -0.1) is 11.3 Å². The number of aryl methyl sites for hydroxylation is 2. The minimum atomic E-state index is -0.322. The van der Waals surface area contributed by atoms with Crippen molar-refractivity contribution in [3.05, 3.63) is 16.1 Å². The van der Waals surface area contributed by atoms with Gasteiger partial charge in [0.1, 0.15) is 0 Å². The van der Waals surface area contributed by atoms with E-state index in [1.165, 1.54) is 0 Å². The molecule has 1 aromatic heterocycles. The Bertz CT molecular complexity index is 278. The van der Waals surface area contributed by atoms with Crippen molar-refractivity contribution in [1.82, 2.24) is 4.98 Å². The number of hydrogen-bond donors (Lipinski definition) is 1. The Balaban J connectivity index is 1.87. The summed E-state index contributed by atoms with van der Waals surface area (Å²) in [6.45, 7) is 2.01. The van der Waals surface area contributed by atoms with Crippen molar-refractivity contribution in [3.63, 3.8) is 0 Å². The summed E-state index contributed by atoms with van der Waals surface area (Å²) in [4.78, 5) is 4.35. The smallest absolute Gasteiger partial charge is 0.0897 e. The number of aliphatic hydroxyl groups is 1. The van der Waals surface area contributed by atoms with Crippen LogP contribution in [-0.4, -0.2) is 15.7 Å². The van der Waals surface area contributed by atoms with Gasteiger partial charge in [-0.1, -0.05) is 0 Å². The zero-order valence-corrected chi connectivity index (χ0v) is 8.02. The van der Waals surface area contributed by atoms with E-state index in [-0.39, 0.29) is 5.60 Å². The first kappa shape index (κ1) is 8.20.